The van der Waals surface area contributed by atoms with Crippen LogP contribution in [0, 0.1) is 5.92 Å². The molecule has 2 aliphatic heterocycles. The van der Waals surface area contributed by atoms with Crippen molar-refractivity contribution in [2.75, 3.05) is 46.4 Å². The van der Waals surface area contributed by atoms with E-state index in [1.807, 2.05) is 0 Å². The second kappa shape index (κ2) is 7.87. The minimum absolute atomic E-state index is 0.0863. The van der Waals surface area contributed by atoms with E-state index in [1.54, 1.807) is 15.7 Å². The lowest BCUT2D eigenvalue weighted by Gasteiger charge is -2.37. The monoisotopic (exact) mass is 319 g/mol. The molecule has 2 heterocycles. The number of ether oxygens (including phenoxy) is 1. The first kappa shape index (κ1) is 17.1. The number of nitrogens with zero attached hydrogens (tertiary/aromatic N) is 2. The zero-order valence-corrected chi connectivity index (χ0v) is 14.1. The molecule has 6 nitrogen and oxygen atoms in total. The Morgan fingerprint density at radius 1 is 1.19 bits per heavy atom. The van der Waals surface area contributed by atoms with Gasteiger partial charge in [-0.25, -0.2) is 0 Å². The molecule has 0 saturated carbocycles. The Hall–Kier alpha value is -0.210. The zero-order valence-electron chi connectivity index (χ0n) is 13.3. The molecule has 124 valence electrons. The number of piperidine rings is 1. The summed E-state index contributed by atoms with van der Waals surface area (Å²) in [6.07, 6.45) is 3.50. The van der Waals surface area contributed by atoms with Gasteiger partial charge in [-0.15, -0.1) is 0 Å². The quantitative estimate of drug-likeness (QED) is 0.781. The molecule has 2 aliphatic rings. The highest BCUT2D eigenvalue weighted by Gasteiger charge is 2.34. The van der Waals surface area contributed by atoms with Crippen molar-refractivity contribution in [3.63, 3.8) is 0 Å². The Labute approximate surface area is 129 Å². The molecule has 0 aromatic heterocycles. The van der Waals surface area contributed by atoms with Gasteiger partial charge < -0.3 is 10.1 Å². The molecule has 0 atom stereocenters. The summed E-state index contributed by atoms with van der Waals surface area (Å²) in [5.74, 6) is 0.602. The van der Waals surface area contributed by atoms with Crippen LogP contribution in [0.1, 0.15) is 32.6 Å². The van der Waals surface area contributed by atoms with E-state index in [2.05, 4.69) is 12.2 Å². The number of hydrogen-bond acceptors (Lipinski definition) is 4. The van der Waals surface area contributed by atoms with Crippen LogP contribution in [0.3, 0.4) is 0 Å². The molecule has 0 aromatic rings. The molecular weight excluding hydrogens is 290 g/mol. The van der Waals surface area contributed by atoms with Gasteiger partial charge in [-0.2, -0.15) is 17.0 Å². The van der Waals surface area contributed by atoms with Gasteiger partial charge in [0.15, 0.2) is 0 Å². The zero-order chi connectivity index (χ0) is 15.3. The molecular formula is C14H29N3O3S. The largest absolute Gasteiger partial charge is 0.381 e. The molecule has 1 N–H and O–H groups in total. The third-order valence-electron chi connectivity index (χ3n) is 4.65. The summed E-state index contributed by atoms with van der Waals surface area (Å²) < 4.78 is 33.9. The van der Waals surface area contributed by atoms with Crippen LogP contribution in [0.2, 0.25) is 0 Å². The molecule has 2 fully saturated rings. The first-order valence-electron chi connectivity index (χ1n) is 8.07. The third kappa shape index (κ3) is 4.39. The van der Waals surface area contributed by atoms with Gasteiger partial charge in [0, 0.05) is 39.4 Å². The van der Waals surface area contributed by atoms with Crippen molar-refractivity contribution in [2.24, 2.45) is 5.92 Å². The maximum Gasteiger partial charge on any atom is 0.281 e. The Kier molecular flexibility index (Phi) is 6.43. The van der Waals surface area contributed by atoms with Crippen LogP contribution in [0.4, 0.5) is 0 Å². The minimum atomic E-state index is -3.31. The predicted octanol–water partition coefficient (Wildman–Crippen LogP) is 0.664. The van der Waals surface area contributed by atoms with Gasteiger partial charge in [-0.3, -0.25) is 0 Å². The Morgan fingerprint density at radius 3 is 2.38 bits per heavy atom. The molecule has 0 spiro atoms. The van der Waals surface area contributed by atoms with Crippen LogP contribution in [0.5, 0.6) is 0 Å². The van der Waals surface area contributed by atoms with Crippen molar-refractivity contribution in [2.45, 2.75) is 38.6 Å². The van der Waals surface area contributed by atoms with Crippen LogP contribution in [0.15, 0.2) is 0 Å². The second-order valence-electron chi connectivity index (χ2n) is 6.02. The van der Waals surface area contributed by atoms with Crippen LogP contribution in [0.25, 0.3) is 0 Å². The van der Waals surface area contributed by atoms with Crippen molar-refractivity contribution >= 4 is 10.2 Å². The van der Waals surface area contributed by atoms with Crippen LogP contribution in [-0.2, 0) is 14.9 Å². The van der Waals surface area contributed by atoms with Gasteiger partial charge in [0.1, 0.15) is 0 Å². The van der Waals surface area contributed by atoms with Crippen LogP contribution in [-0.4, -0.2) is 69.5 Å². The first-order valence-corrected chi connectivity index (χ1v) is 9.47. The Morgan fingerprint density at radius 2 is 1.81 bits per heavy atom. The van der Waals surface area contributed by atoms with Gasteiger partial charge in [0.2, 0.25) is 0 Å². The van der Waals surface area contributed by atoms with Gasteiger partial charge in [0.25, 0.3) is 10.2 Å². The fraction of sp³-hybridized carbons (Fsp3) is 1.00. The van der Waals surface area contributed by atoms with Crippen molar-refractivity contribution in [3.05, 3.63) is 0 Å². The lowest BCUT2D eigenvalue weighted by molar-refractivity contribution is 0.0614. The molecule has 2 rings (SSSR count). The van der Waals surface area contributed by atoms with Crippen LogP contribution < -0.4 is 5.32 Å². The molecule has 21 heavy (non-hydrogen) atoms. The summed E-state index contributed by atoms with van der Waals surface area (Å²) in [5.41, 5.74) is 0. The van der Waals surface area contributed by atoms with Crippen molar-refractivity contribution in [1.29, 1.82) is 0 Å². The summed E-state index contributed by atoms with van der Waals surface area (Å²) in [4.78, 5) is 0. The molecule has 0 bridgehead atoms. The molecule has 0 aliphatic carbocycles. The smallest absolute Gasteiger partial charge is 0.281 e. The van der Waals surface area contributed by atoms with Crippen molar-refractivity contribution < 1.29 is 13.2 Å². The van der Waals surface area contributed by atoms with E-state index in [1.165, 1.54) is 0 Å². The van der Waals surface area contributed by atoms with E-state index in [-0.39, 0.29) is 6.04 Å². The fourth-order valence-electron chi connectivity index (χ4n) is 3.11. The standard InChI is InChI=1S/C14H29N3O3S/c1-3-15-12-13-4-8-17(9-5-13)21(18,19)16(2)14-6-10-20-11-7-14/h13-15H,3-12H2,1-2H3. The summed E-state index contributed by atoms with van der Waals surface area (Å²) >= 11 is 0. The molecule has 0 unspecified atom stereocenters. The normalized spacial score (nSPS) is 23.8. The second-order valence-corrected chi connectivity index (χ2v) is 8.01. The van der Waals surface area contributed by atoms with Gasteiger partial charge in [-0.1, -0.05) is 6.92 Å². The topological polar surface area (TPSA) is 61.9 Å². The van der Waals surface area contributed by atoms with E-state index in [0.717, 1.165) is 38.8 Å². The highest BCUT2D eigenvalue weighted by Crippen LogP contribution is 2.23. The minimum Gasteiger partial charge on any atom is -0.381 e. The van der Waals surface area contributed by atoms with E-state index in [4.69, 9.17) is 4.74 Å². The maximum atomic E-state index is 12.7. The number of nitrogens with one attached hydrogen (secondary N) is 1. The number of hydrogen-bond donors (Lipinski definition) is 1. The Balaban J connectivity index is 1.88. The summed E-state index contributed by atoms with van der Waals surface area (Å²) in [5, 5.41) is 3.35. The predicted molar refractivity (Wildman–Crippen MR) is 83.4 cm³/mol. The molecule has 0 amide bonds. The van der Waals surface area contributed by atoms with E-state index in [9.17, 15) is 8.42 Å². The van der Waals surface area contributed by atoms with Crippen molar-refractivity contribution in [3.8, 4) is 0 Å². The molecule has 0 aromatic carbocycles. The molecule has 2 saturated heterocycles. The summed E-state index contributed by atoms with van der Waals surface area (Å²) in [6.45, 7) is 6.69. The highest BCUT2D eigenvalue weighted by atomic mass is 32.2. The lowest BCUT2D eigenvalue weighted by Crippen LogP contribution is -2.50. The van der Waals surface area contributed by atoms with E-state index >= 15 is 0 Å². The number of rotatable bonds is 6. The van der Waals surface area contributed by atoms with E-state index < -0.39 is 10.2 Å². The Bertz CT molecular complexity index is 402. The average molecular weight is 319 g/mol. The van der Waals surface area contributed by atoms with Gasteiger partial charge in [-0.05, 0) is 44.7 Å². The summed E-state index contributed by atoms with van der Waals surface area (Å²) in [7, 11) is -1.60. The highest BCUT2D eigenvalue weighted by molar-refractivity contribution is 7.86. The lowest BCUT2D eigenvalue weighted by atomic mass is 9.98. The van der Waals surface area contributed by atoms with Crippen molar-refractivity contribution in [1.82, 2.24) is 13.9 Å². The third-order valence-corrected chi connectivity index (χ3v) is 6.70. The maximum absolute atomic E-state index is 12.7. The summed E-state index contributed by atoms with van der Waals surface area (Å²) in [6, 6.07) is 0.0863. The molecule has 7 heteroatoms. The van der Waals surface area contributed by atoms with Gasteiger partial charge >= 0.3 is 0 Å². The first-order chi connectivity index (χ1) is 10.1. The average Bonchev–Trinajstić information content (AvgIpc) is 2.53. The SMILES string of the molecule is CCNCC1CCN(S(=O)(=O)N(C)C2CCOCC2)CC1. The fourth-order valence-corrected chi connectivity index (χ4v) is 4.74. The molecule has 0 radical (unpaired) electrons. The van der Waals surface area contributed by atoms with Crippen LogP contribution >= 0.6 is 0 Å². The van der Waals surface area contributed by atoms with Gasteiger partial charge in [0.05, 0.1) is 0 Å². The van der Waals surface area contributed by atoms with E-state index in [0.29, 0.717) is 32.2 Å².